The number of nitrogens with one attached hydrogen (secondary N) is 1. The van der Waals surface area contributed by atoms with Crippen LogP contribution in [0.1, 0.15) is 36.3 Å². The SMILES string of the molecule is Cc1cccc(CCCNC(=O)C2CCN(Cc3nc(-c4cccc(Br)c4)no3)CC2)c1. The maximum Gasteiger partial charge on any atom is 0.241 e. The van der Waals surface area contributed by atoms with E-state index in [-0.39, 0.29) is 11.8 Å². The van der Waals surface area contributed by atoms with Gasteiger partial charge in [0.15, 0.2) is 0 Å². The second kappa shape index (κ2) is 10.9. The molecule has 6 nitrogen and oxygen atoms in total. The minimum absolute atomic E-state index is 0.0881. The van der Waals surface area contributed by atoms with Crippen molar-refractivity contribution in [2.24, 2.45) is 5.92 Å². The number of carbonyl (C=O) groups is 1. The highest BCUT2D eigenvalue weighted by molar-refractivity contribution is 9.10. The molecule has 1 aromatic heterocycles. The third-order valence-electron chi connectivity index (χ3n) is 5.89. The predicted molar refractivity (Wildman–Crippen MR) is 128 cm³/mol. The van der Waals surface area contributed by atoms with Crippen molar-refractivity contribution in [1.82, 2.24) is 20.4 Å². The van der Waals surface area contributed by atoms with E-state index in [9.17, 15) is 4.79 Å². The van der Waals surface area contributed by atoms with E-state index in [0.29, 0.717) is 18.3 Å². The Balaban J connectivity index is 1.17. The first-order valence-electron chi connectivity index (χ1n) is 11.2. The summed E-state index contributed by atoms with van der Waals surface area (Å²) in [6.07, 6.45) is 3.67. The van der Waals surface area contributed by atoms with E-state index in [1.165, 1.54) is 11.1 Å². The Morgan fingerprint density at radius 1 is 1.19 bits per heavy atom. The molecule has 7 heteroatoms. The van der Waals surface area contributed by atoms with Crippen LogP contribution in [-0.2, 0) is 17.8 Å². The minimum atomic E-state index is 0.0881. The molecule has 1 fully saturated rings. The van der Waals surface area contributed by atoms with Gasteiger partial charge in [0.25, 0.3) is 0 Å². The topological polar surface area (TPSA) is 71.3 Å². The molecule has 0 aliphatic carbocycles. The van der Waals surface area contributed by atoms with Crippen molar-refractivity contribution in [3.63, 3.8) is 0 Å². The third-order valence-corrected chi connectivity index (χ3v) is 6.39. The number of hydrogen-bond acceptors (Lipinski definition) is 5. The van der Waals surface area contributed by atoms with Gasteiger partial charge in [-0.25, -0.2) is 0 Å². The van der Waals surface area contributed by atoms with E-state index in [0.717, 1.165) is 55.4 Å². The van der Waals surface area contributed by atoms with Gasteiger partial charge in [0, 0.05) is 22.5 Å². The number of amides is 1. The largest absolute Gasteiger partial charge is 0.356 e. The van der Waals surface area contributed by atoms with Crippen molar-refractivity contribution in [3.05, 3.63) is 70.0 Å². The predicted octanol–water partition coefficient (Wildman–Crippen LogP) is 4.77. The van der Waals surface area contributed by atoms with Gasteiger partial charge in [-0.2, -0.15) is 4.98 Å². The van der Waals surface area contributed by atoms with Crippen LogP contribution in [0.2, 0.25) is 0 Å². The number of likely N-dealkylation sites (tertiary alicyclic amines) is 1. The molecule has 0 radical (unpaired) electrons. The summed E-state index contributed by atoms with van der Waals surface area (Å²) in [5.41, 5.74) is 3.53. The third kappa shape index (κ3) is 6.26. The Hall–Kier alpha value is -2.51. The number of carbonyl (C=O) groups excluding carboxylic acids is 1. The highest BCUT2D eigenvalue weighted by Gasteiger charge is 2.25. The fraction of sp³-hybridized carbons (Fsp3) is 0.400. The maximum absolute atomic E-state index is 12.5. The Morgan fingerprint density at radius 3 is 2.78 bits per heavy atom. The molecule has 0 atom stereocenters. The van der Waals surface area contributed by atoms with E-state index in [1.54, 1.807) is 0 Å². The van der Waals surface area contributed by atoms with Gasteiger partial charge >= 0.3 is 0 Å². The Kier molecular flexibility index (Phi) is 7.71. The summed E-state index contributed by atoms with van der Waals surface area (Å²) in [7, 11) is 0. The molecule has 1 aliphatic rings. The van der Waals surface area contributed by atoms with Gasteiger partial charge in [-0.15, -0.1) is 0 Å². The summed E-state index contributed by atoms with van der Waals surface area (Å²) in [6, 6.07) is 16.4. The van der Waals surface area contributed by atoms with Crippen molar-refractivity contribution >= 4 is 21.8 Å². The molecule has 0 unspecified atom stereocenters. The number of hydrogen-bond donors (Lipinski definition) is 1. The second-order valence-corrected chi connectivity index (χ2v) is 9.37. The van der Waals surface area contributed by atoms with E-state index in [1.807, 2.05) is 24.3 Å². The first-order chi connectivity index (χ1) is 15.6. The van der Waals surface area contributed by atoms with Crippen LogP contribution in [0.25, 0.3) is 11.4 Å². The molecule has 0 bridgehead atoms. The molecule has 0 spiro atoms. The Labute approximate surface area is 197 Å². The van der Waals surface area contributed by atoms with Gasteiger partial charge in [0.2, 0.25) is 17.6 Å². The fourth-order valence-electron chi connectivity index (χ4n) is 4.12. The Bertz CT molecular complexity index is 1040. The van der Waals surface area contributed by atoms with Gasteiger partial charge < -0.3 is 9.84 Å². The summed E-state index contributed by atoms with van der Waals surface area (Å²) in [6.45, 7) is 5.17. The van der Waals surface area contributed by atoms with Crippen LogP contribution in [0.15, 0.2) is 57.5 Å². The lowest BCUT2D eigenvalue weighted by Gasteiger charge is -2.30. The number of rotatable bonds is 8. The van der Waals surface area contributed by atoms with Gasteiger partial charge in [0.05, 0.1) is 6.54 Å². The van der Waals surface area contributed by atoms with Crippen molar-refractivity contribution in [2.45, 2.75) is 39.2 Å². The molecule has 1 N–H and O–H groups in total. The quantitative estimate of drug-likeness (QED) is 0.454. The lowest BCUT2D eigenvalue weighted by molar-refractivity contribution is -0.126. The number of benzene rings is 2. The highest BCUT2D eigenvalue weighted by Crippen LogP contribution is 2.22. The maximum atomic E-state index is 12.5. The molecular weight excluding hydrogens is 468 g/mol. The normalized spacial score (nSPS) is 15.1. The van der Waals surface area contributed by atoms with Gasteiger partial charge in [-0.05, 0) is 63.4 Å². The van der Waals surface area contributed by atoms with Crippen LogP contribution in [0, 0.1) is 12.8 Å². The monoisotopic (exact) mass is 496 g/mol. The van der Waals surface area contributed by atoms with Crippen molar-refractivity contribution < 1.29 is 9.32 Å². The molecule has 168 valence electrons. The molecule has 2 heterocycles. The lowest BCUT2D eigenvalue weighted by Crippen LogP contribution is -2.40. The molecule has 0 saturated carbocycles. The highest BCUT2D eigenvalue weighted by atomic mass is 79.9. The van der Waals surface area contributed by atoms with Crippen molar-refractivity contribution in [2.75, 3.05) is 19.6 Å². The minimum Gasteiger partial charge on any atom is -0.356 e. The first-order valence-corrected chi connectivity index (χ1v) is 12.0. The summed E-state index contributed by atoms with van der Waals surface area (Å²) < 4.78 is 6.43. The van der Waals surface area contributed by atoms with E-state index >= 15 is 0 Å². The second-order valence-electron chi connectivity index (χ2n) is 8.46. The molecule has 3 aromatic rings. The Morgan fingerprint density at radius 2 is 2.00 bits per heavy atom. The average Bonchev–Trinajstić information content (AvgIpc) is 3.26. The summed E-state index contributed by atoms with van der Waals surface area (Å²) in [5, 5.41) is 7.23. The zero-order valence-corrected chi connectivity index (χ0v) is 20.0. The average molecular weight is 497 g/mol. The summed E-state index contributed by atoms with van der Waals surface area (Å²) in [5.74, 6) is 1.48. The fourth-order valence-corrected chi connectivity index (χ4v) is 4.52. The first kappa shape index (κ1) is 22.7. The molecule has 1 saturated heterocycles. The van der Waals surface area contributed by atoms with Crippen LogP contribution >= 0.6 is 15.9 Å². The van der Waals surface area contributed by atoms with Crippen molar-refractivity contribution in [1.29, 1.82) is 0 Å². The zero-order chi connectivity index (χ0) is 22.3. The van der Waals surface area contributed by atoms with Gasteiger partial charge in [-0.1, -0.05) is 63.0 Å². The number of piperidine rings is 1. The van der Waals surface area contributed by atoms with E-state index in [2.05, 4.69) is 67.5 Å². The van der Waals surface area contributed by atoms with Crippen LogP contribution < -0.4 is 5.32 Å². The van der Waals surface area contributed by atoms with Gasteiger partial charge in [-0.3, -0.25) is 9.69 Å². The molecule has 1 aliphatic heterocycles. The standard InChI is InChI=1S/C25H29BrN4O2/c1-18-5-2-6-19(15-18)7-4-12-27-25(31)20-10-13-30(14-11-20)17-23-28-24(29-32-23)21-8-3-9-22(26)16-21/h2-3,5-6,8-9,15-16,20H,4,7,10-14,17H2,1H3,(H,27,31). The number of nitrogens with zero attached hydrogens (tertiary/aromatic N) is 3. The molecule has 2 aromatic carbocycles. The zero-order valence-electron chi connectivity index (χ0n) is 18.4. The molecular formula is C25H29BrN4O2. The molecule has 4 rings (SSSR count). The van der Waals surface area contributed by atoms with E-state index < -0.39 is 0 Å². The van der Waals surface area contributed by atoms with E-state index in [4.69, 9.17) is 4.52 Å². The van der Waals surface area contributed by atoms with Crippen LogP contribution in [0.4, 0.5) is 0 Å². The van der Waals surface area contributed by atoms with Gasteiger partial charge in [0.1, 0.15) is 0 Å². The van der Waals surface area contributed by atoms with Crippen LogP contribution in [0.5, 0.6) is 0 Å². The summed E-state index contributed by atoms with van der Waals surface area (Å²) in [4.78, 5) is 19.3. The lowest BCUT2D eigenvalue weighted by atomic mass is 9.96. The smallest absolute Gasteiger partial charge is 0.241 e. The number of aromatic nitrogens is 2. The number of aryl methyl sites for hydroxylation is 2. The molecule has 1 amide bonds. The van der Waals surface area contributed by atoms with Crippen molar-refractivity contribution in [3.8, 4) is 11.4 Å². The molecule has 32 heavy (non-hydrogen) atoms. The van der Waals surface area contributed by atoms with Crippen LogP contribution in [0.3, 0.4) is 0 Å². The summed E-state index contributed by atoms with van der Waals surface area (Å²) >= 11 is 3.47. The van der Waals surface area contributed by atoms with Crippen LogP contribution in [-0.4, -0.2) is 40.6 Å². The number of halogens is 1.